The summed E-state index contributed by atoms with van der Waals surface area (Å²) in [5.74, 6) is 0.220. The molecule has 0 aromatic heterocycles. The average Bonchev–Trinajstić information content (AvgIpc) is 2.96. The zero-order chi connectivity index (χ0) is 23.9. The molecular weight excluding hydrogens is 452 g/mol. The molecule has 0 aliphatic carbocycles. The van der Waals surface area contributed by atoms with Crippen molar-refractivity contribution in [2.24, 2.45) is 0 Å². The van der Waals surface area contributed by atoms with Gasteiger partial charge in [-0.15, -0.1) is 0 Å². The molecule has 170 valence electrons. The summed E-state index contributed by atoms with van der Waals surface area (Å²) in [7, 11) is 0. The van der Waals surface area contributed by atoms with Crippen molar-refractivity contribution >= 4 is 22.5 Å². The summed E-state index contributed by atoms with van der Waals surface area (Å²) in [6, 6.07) is 50.9. The van der Waals surface area contributed by atoms with Crippen molar-refractivity contribution in [1.29, 1.82) is 0 Å². The minimum atomic E-state index is 0.220. The largest absolute Gasteiger partial charge is 0.0894 e. The molecule has 0 N–H and O–H groups in total. The Morgan fingerprint density at radius 1 is 0.417 bits per heavy atom. The Hall–Kier alpha value is -4.07. The molecule has 1 atom stereocenters. The van der Waals surface area contributed by atoms with E-state index in [9.17, 15) is 0 Å². The van der Waals surface area contributed by atoms with E-state index in [1.807, 2.05) is 11.8 Å². The van der Waals surface area contributed by atoms with Crippen LogP contribution in [-0.2, 0) is 0 Å². The van der Waals surface area contributed by atoms with Crippen LogP contribution < -0.4 is 0 Å². The molecule has 1 aliphatic rings. The van der Waals surface area contributed by atoms with E-state index in [1.54, 1.807) is 0 Å². The number of rotatable bonds is 3. The number of benzene rings is 6. The van der Waals surface area contributed by atoms with Crippen molar-refractivity contribution in [3.63, 3.8) is 0 Å². The molecule has 0 spiro atoms. The maximum atomic E-state index is 2.32. The lowest BCUT2D eigenvalue weighted by Gasteiger charge is -2.30. The monoisotopic (exact) mass is 476 g/mol. The van der Waals surface area contributed by atoms with Gasteiger partial charge in [-0.1, -0.05) is 139 Å². The van der Waals surface area contributed by atoms with E-state index in [1.165, 1.54) is 59.5 Å². The van der Waals surface area contributed by atoms with E-state index in [4.69, 9.17) is 0 Å². The van der Waals surface area contributed by atoms with Gasteiger partial charge in [0, 0.05) is 15.7 Å². The molecule has 1 heterocycles. The van der Waals surface area contributed by atoms with Gasteiger partial charge < -0.3 is 0 Å². The minimum absolute atomic E-state index is 0.220. The van der Waals surface area contributed by atoms with Crippen molar-refractivity contribution < 1.29 is 0 Å². The lowest BCUT2D eigenvalue weighted by atomic mass is 9.82. The lowest BCUT2D eigenvalue weighted by Crippen LogP contribution is -2.10. The van der Waals surface area contributed by atoms with Gasteiger partial charge in [0.1, 0.15) is 0 Å². The summed E-state index contributed by atoms with van der Waals surface area (Å²) in [5.41, 5.74) is 9.14. The van der Waals surface area contributed by atoms with E-state index in [-0.39, 0.29) is 5.92 Å². The van der Waals surface area contributed by atoms with Crippen molar-refractivity contribution in [1.82, 2.24) is 0 Å². The third kappa shape index (κ3) is 3.64. The molecule has 0 radical (unpaired) electrons. The summed E-state index contributed by atoms with van der Waals surface area (Å²) >= 11 is 1.90. The van der Waals surface area contributed by atoms with Gasteiger partial charge in [0.2, 0.25) is 0 Å². The van der Waals surface area contributed by atoms with Gasteiger partial charge in [-0.3, -0.25) is 0 Å². The number of hydrogen-bond acceptors (Lipinski definition) is 1. The summed E-state index contributed by atoms with van der Waals surface area (Å²) < 4.78 is 0. The molecule has 7 rings (SSSR count). The molecule has 6 aromatic rings. The molecule has 0 saturated carbocycles. The van der Waals surface area contributed by atoms with E-state index in [0.29, 0.717) is 0 Å². The van der Waals surface area contributed by atoms with Gasteiger partial charge in [0.25, 0.3) is 0 Å². The SMILES string of the molecule is c1ccc(-c2ccc(-c3ccc(C4c5ccccc5Sc5ccc6ccccc6c54)cc3)cc2)cc1. The first kappa shape index (κ1) is 21.2. The molecule has 0 nitrogen and oxygen atoms in total. The van der Waals surface area contributed by atoms with Crippen LogP contribution in [0.25, 0.3) is 33.0 Å². The van der Waals surface area contributed by atoms with Gasteiger partial charge in [0.15, 0.2) is 0 Å². The molecule has 1 aliphatic heterocycles. The van der Waals surface area contributed by atoms with Crippen LogP contribution in [0.2, 0.25) is 0 Å². The molecule has 1 heteroatoms. The van der Waals surface area contributed by atoms with E-state index in [2.05, 4.69) is 140 Å². The second kappa shape index (κ2) is 8.86. The fourth-order valence-electron chi connectivity index (χ4n) is 5.45. The lowest BCUT2D eigenvalue weighted by molar-refractivity contribution is 0.914. The molecule has 0 bridgehead atoms. The second-order valence-corrected chi connectivity index (χ2v) is 10.4. The first-order chi connectivity index (χ1) is 17.8. The van der Waals surface area contributed by atoms with Crippen molar-refractivity contribution in [3.8, 4) is 22.3 Å². The van der Waals surface area contributed by atoms with Crippen molar-refractivity contribution in [3.05, 3.63) is 156 Å². The fourth-order valence-corrected chi connectivity index (χ4v) is 6.61. The van der Waals surface area contributed by atoms with Crippen LogP contribution in [0, 0.1) is 0 Å². The molecule has 1 unspecified atom stereocenters. The highest BCUT2D eigenvalue weighted by Gasteiger charge is 2.29. The summed E-state index contributed by atoms with van der Waals surface area (Å²) in [6.45, 7) is 0. The Morgan fingerprint density at radius 3 is 1.75 bits per heavy atom. The highest BCUT2D eigenvalue weighted by molar-refractivity contribution is 7.99. The Kier molecular flexibility index (Phi) is 5.22. The van der Waals surface area contributed by atoms with Gasteiger partial charge in [-0.2, -0.15) is 0 Å². The predicted molar refractivity (Wildman–Crippen MR) is 153 cm³/mol. The predicted octanol–water partition coefficient (Wildman–Crippen LogP) is 9.82. The number of fused-ring (bicyclic) bond motifs is 4. The Labute approximate surface area is 216 Å². The maximum Gasteiger partial charge on any atom is 0.0368 e. The average molecular weight is 477 g/mol. The molecule has 6 aromatic carbocycles. The van der Waals surface area contributed by atoms with Crippen LogP contribution in [0.15, 0.2) is 149 Å². The van der Waals surface area contributed by atoms with Crippen molar-refractivity contribution in [2.45, 2.75) is 15.7 Å². The standard InChI is InChI=1S/C35H24S/c1-2-8-24(9-3-1)25-14-16-26(17-15-25)27-18-20-29(21-19-27)34-31-12-6-7-13-32(31)36-33-23-22-28-10-4-5-11-30(28)35(33)34/h1-23,34H. The van der Waals surface area contributed by atoms with Crippen LogP contribution in [0.3, 0.4) is 0 Å². The summed E-state index contributed by atoms with van der Waals surface area (Å²) in [4.78, 5) is 2.71. The first-order valence-corrected chi connectivity index (χ1v) is 13.2. The van der Waals surface area contributed by atoms with Crippen LogP contribution in [0.4, 0.5) is 0 Å². The topological polar surface area (TPSA) is 0 Å². The number of hydrogen-bond donors (Lipinski definition) is 0. The van der Waals surface area contributed by atoms with Crippen LogP contribution >= 0.6 is 11.8 Å². The maximum absolute atomic E-state index is 2.32. The molecular formula is C35H24S. The quantitative estimate of drug-likeness (QED) is 0.244. The zero-order valence-electron chi connectivity index (χ0n) is 19.8. The molecule has 0 fully saturated rings. The Balaban J connectivity index is 1.30. The van der Waals surface area contributed by atoms with Gasteiger partial charge in [-0.25, -0.2) is 0 Å². The minimum Gasteiger partial charge on any atom is -0.0894 e. The van der Waals surface area contributed by atoms with E-state index >= 15 is 0 Å². The van der Waals surface area contributed by atoms with Gasteiger partial charge >= 0.3 is 0 Å². The third-order valence-electron chi connectivity index (χ3n) is 7.24. The summed E-state index contributed by atoms with van der Waals surface area (Å²) in [5, 5.41) is 2.65. The zero-order valence-corrected chi connectivity index (χ0v) is 20.6. The molecule has 0 amide bonds. The fraction of sp³-hybridized carbons (Fsp3) is 0.0286. The van der Waals surface area contributed by atoms with Crippen LogP contribution in [0.5, 0.6) is 0 Å². The Bertz CT molecular complexity index is 1680. The molecule has 36 heavy (non-hydrogen) atoms. The normalized spacial score (nSPS) is 14.3. The third-order valence-corrected chi connectivity index (χ3v) is 8.41. The second-order valence-electron chi connectivity index (χ2n) is 9.34. The smallest absolute Gasteiger partial charge is 0.0368 e. The highest BCUT2D eigenvalue weighted by atomic mass is 32.2. The van der Waals surface area contributed by atoms with E-state index in [0.717, 1.165) is 0 Å². The summed E-state index contributed by atoms with van der Waals surface area (Å²) in [6.07, 6.45) is 0. The highest BCUT2D eigenvalue weighted by Crippen LogP contribution is 2.50. The van der Waals surface area contributed by atoms with Crippen LogP contribution in [0.1, 0.15) is 22.6 Å². The van der Waals surface area contributed by atoms with Gasteiger partial charge in [0.05, 0.1) is 0 Å². The van der Waals surface area contributed by atoms with Crippen molar-refractivity contribution in [2.75, 3.05) is 0 Å². The van der Waals surface area contributed by atoms with Gasteiger partial charge in [-0.05, 0) is 61.8 Å². The van der Waals surface area contributed by atoms with E-state index < -0.39 is 0 Å². The molecule has 0 saturated heterocycles. The Morgan fingerprint density at radius 2 is 1.00 bits per heavy atom. The first-order valence-electron chi connectivity index (χ1n) is 12.4. The van der Waals surface area contributed by atoms with Crippen LogP contribution in [-0.4, -0.2) is 0 Å².